The molecule has 0 unspecified atom stereocenters. The molecular formula is C15H14N2S. The number of aryl methyl sites for hydroxylation is 1. The van der Waals surface area contributed by atoms with Gasteiger partial charge < -0.3 is 4.57 Å². The predicted molar refractivity (Wildman–Crippen MR) is 76.7 cm³/mol. The van der Waals surface area contributed by atoms with Crippen LogP contribution in [0.4, 0.5) is 0 Å². The molecule has 1 heterocycles. The van der Waals surface area contributed by atoms with E-state index in [1.54, 1.807) is 0 Å². The Balaban J connectivity index is 1.89. The number of hydrogen-bond acceptors (Lipinski definition) is 2. The zero-order chi connectivity index (χ0) is 12.4. The normalized spacial score (nSPS) is 10.9. The lowest BCUT2D eigenvalue weighted by molar-refractivity contribution is 0.938. The summed E-state index contributed by atoms with van der Waals surface area (Å²) in [7, 11) is 2.04. The zero-order valence-corrected chi connectivity index (χ0v) is 11.0. The van der Waals surface area contributed by atoms with Crippen molar-refractivity contribution in [3.8, 4) is 0 Å². The largest absolute Gasteiger partial charge is 0.333 e. The van der Waals surface area contributed by atoms with Crippen LogP contribution in [-0.2, 0) is 12.8 Å². The van der Waals surface area contributed by atoms with Crippen molar-refractivity contribution in [1.82, 2.24) is 9.55 Å². The first-order valence-electron chi connectivity index (χ1n) is 5.91. The van der Waals surface area contributed by atoms with E-state index in [-0.39, 0.29) is 0 Å². The van der Waals surface area contributed by atoms with Gasteiger partial charge in [0.1, 0.15) is 0 Å². The molecule has 0 amide bonds. The maximum Gasteiger partial charge on any atom is 0.0955 e. The highest BCUT2D eigenvalue weighted by molar-refractivity contribution is 7.98. The van der Waals surface area contributed by atoms with E-state index >= 15 is 0 Å². The standard InChI is InChI=1S/C15H14N2S/c1-17-11-16-13-8-5-9-14(15(13)17)18-10-12-6-3-2-4-7-12/h2-9,11H,10H2,1H3. The average Bonchev–Trinajstić information content (AvgIpc) is 2.80. The van der Waals surface area contributed by atoms with Gasteiger partial charge in [0.25, 0.3) is 0 Å². The van der Waals surface area contributed by atoms with E-state index in [0.29, 0.717) is 0 Å². The number of nitrogens with zero attached hydrogens (tertiary/aromatic N) is 2. The third-order valence-electron chi connectivity index (χ3n) is 2.94. The smallest absolute Gasteiger partial charge is 0.0955 e. The highest BCUT2D eigenvalue weighted by Gasteiger charge is 2.06. The number of aromatic nitrogens is 2. The Morgan fingerprint density at radius 1 is 1.06 bits per heavy atom. The van der Waals surface area contributed by atoms with E-state index in [1.165, 1.54) is 16.0 Å². The summed E-state index contributed by atoms with van der Waals surface area (Å²) in [6.45, 7) is 0. The summed E-state index contributed by atoms with van der Waals surface area (Å²) in [5, 5.41) is 0. The van der Waals surface area contributed by atoms with Crippen LogP contribution >= 0.6 is 11.8 Å². The zero-order valence-electron chi connectivity index (χ0n) is 10.2. The number of fused-ring (bicyclic) bond motifs is 1. The van der Waals surface area contributed by atoms with Gasteiger partial charge >= 0.3 is 0 Å². The summed E-state index contributed by atoms with van der Waals surface area (Å²) < 4.78 is 2.09. The molecule has 0 N–H and O–H groups in total. The van der Waals surface area contributed by atoms with Crippen molar-refractivity contribution in [1.29, 1.82) is 0 Å². The van der Waals surface area contributed by atoms with Crippen LogP contribution in [0.25, 0.3) is 11.0 Å². The Morgan fingerprint density at radius 2 is 1.89 bits per heavy atom. The Bertz CT molecular complexity index is 659. The SMILES string of the molecule is Cn1cnc2cccc(SCc3ccccc3)c21. The van der Waals surface area contributed by atoms with E-state index < -0.39 is 0 Å². The van der Waals surface area contributed by atoms with E-state index in [4.69, 9.17) is 0 Å². The number of benzene rings is 2. The average molecular weight is 254 g/mol. The summed E-state index contributed by atoms with van der Waals surface area (Å²) >= 11 is 1.86. The van der Waals surface area contributed by atoms with Crippen molar-refractivity contribution in [2.45, 2.75) is 10.6 Å². The molecule has 0 atom stereocenters. The summed E-state index contributed by atoms with van der Waals surface area (Å²) in [5.74, 6) is 0.991. The predicted octanol–water partition coefficient (Wildman–Crippen LogP) is 3.87. The topological polar surface area (TPSA) is 17.8 Å². The lowest BCUT2D eigenvalue weighted by atomic mass is 10.2. The first-order chi connectivity index (χ1) is 8.84. The molecule has 0 aliphatic rings. The fourth-order valence-corrected chi connectivity index (χ4v) is 3.10. The Kier molecular flexibility index (Phi) is 3.07. The Hall–Kier alpha value is -1.74. The Morgan fingerprint density at radius 3 is 2.72 bits per heavy atom. The van der Waals surface area contributed by atoms with Gasteiger partial charge in [-0.25, -0.2) is 4.98 Å². The maximum absolute atomic E-state index is 4.38. The van der Waals surface area contributed by atoms with Gasteiger partial charge in [-0.2, -0.15) is 0 Å². The first kappa shape index (κ1) is 11.4. The van der Waals surface area contributed by atoms with Gasteiger partial charge in [0, 0.05) is 17.7 Å². The molecule has 3 rings (SSSR count). The molecular weight excluding hydrogens is 240 g/mol. The minimum Gasteiger partial charge on any atom is -0.333 e. The van der Waals surface area contributed by atoms with Crippen LogP contribution in [0.15, 0.2) is 59.8 Å². The summed E-state index contributed by atoms with van der Waals surface area (Å²) in [6.07, 6.45) is 1.87. The quantitative estimate of drug-likeness (QED) is 0.660. The maximum atomic E-state index is 4.38. The second-order valence-electron chi connectivity index (χ2n) is 4.25. The van der Waals surface area contributed by atoms with Crippen LogP contribution in [0, 0.1) is 0 Å². The molecule has 3 aromatic rings. The van der Waals surface area contributed by atoms with E-state index in [2.05, 4.69) is 58.1 Å². The molecule has 0 bridgehead atoms. The molecule has 3 heteroatoms. The van der Waals surface area contributed by atoms with Gasteiger partial charge in [-0.05, 0) is 17.7 Å². The molecule has 18 heavy (non-hydrogen) atoms. The van der Waals surface area contributed by atoms with Gasteiger partial charge in [-0.3, -0.25) is 0 Å². The van der Waals surface area contributed by atoms with Crippen LogP contribution in [0.2, 0.25) is 0 Å². The van der Waals surface area contributed by atoms with Gasteiger partial charge in [-0.1, -0.05) is 36.4 Å². The van der Waals surface area contributed by atoms with Crippen LogP contribution in [0.1, 0.15) is 5.56 Å². The van der Waals surface area contributed by atoms with Crippen LogP contribution in [-0.4, -0.2) is 9.55 Å². The molecule has 0 spiro atoms. The fraction of sp³-hybridized carbons (Fsp3) is 0.133. The van der Waals surface area contributed by atoms with Crippen LogP contribution in [0.5, 0.6) is 0 Å². The van der Waals surface area contributed by atoms with E-state index in [1.807, 2.05) is 25.1 Å². The third kappa shape index (κ3) is 2.14. The number of hydrogen-bond donors (Lipinski definition) is 0. The van der Waals surface area contributed by atoms with Crippen LogP contribution < -0.4 is 0 Å². The van der Waals surface area contributed by atoms with Crippen molar-refractivity contribution in [3.05, 3.63) is 60.4 Å². The van der Waals surface area contributed by atoms with Gasteiger partial charge in [0.15, 0.2) is 0 Å². The number of thioether (sulfide) groups is 1. The third-order valence-corrected chi connectivity index (χ3v) is 4.06. The molecule has 90 valence electrons. The van der Waals surface area contributed by atoms with Crippen molar-refractivity contribution < 1.29 is 0 Å². The minimum atomic E-state index is 0.991. The Labute approximate surface area is 111 Å². The highest BCUT2D eigenvalue weighted by atomic mass is 32.2. The van der Waals surface area contributed by atoms with Gasteiger partial charge in [0.05, 0.1) is 17.4 Å². The minimum absolute atomic E-state index is 0.991. The highest BCUT2D eigenvalue weighted by Crippen LogP contribution is 2.29. The fourth-order valence-electron chi connectivity index (χ4n) is 2.03. The van der Waals surface area contributed by atoms with E-state index in [0.717, 1.165) is 11.3 Å². The lowest BCUT2D eigenvalue weighted by Crippen LogP contribution is -1.87. The molecule has 2 aromatic carbocycles. The molecule has 0 aliphatic carbocycles. The molecule has 0 aliphatic heterocycles. The van der Waals surface area contributed by atoms with Crippen molar-refractivity contribution >= 4 is 22.8 Å². The summed E-state index contributed by atoms with van der Waals surface area (Å²) in [4.78, 5) is 5.67. The molecule has 1 aromatic heterocycles. The molecule has 2 nitrogen and oxygen atoms in total. The molecule has 0 saturated carbocycles. The van der Waals surface area contributed by atoms with Crippen molar-refractivity contribution in [2.24, 2.45) is 7.05 Å². The first-order valence-corrected chi connectivity index (χ1v) is 6.90. The summed E-state index contributed by atoms with van der Waals surface area (Å²) in [6, 6.07) is 16.8. The second-order valence-corrected chi connectivity index (χ2v) is 5.27. The molecule has 0 saturated heterocycles. The van der Waals surface area contributed by atoms with Gasteiger partial charge in [0.2, 0.25) is 0 Å². The van der Waals surface area contributed by atoms with Gasteiger partial charge in [-0.15, -0.1) is 11.8 Å². The monoisotopic (exact) mass is 254 g/mol. The van der Waals surface area contributed by atoms with Crippen molar-refractivity contribution in [2.75, 3.05) is 0 Å². The number of imidazole rings is 1. The second kappa shape index (κ2) is 4.86. The molecule has 0 radical (unpaired) electrons. The number of para-hydroxylation sites is 1. The van der Waals surface area contributed by atoms with Crippen molar-refractivity contribution in [3.63, 3.8) is 0 Å². The number of rotatable bonds is 3. The van der Waals surface area contributed by atoms with Crippen LogP contribution in [0.3, 0.4) is 0 Å². The molecule has 0 fully saturated rings. The lowest BCUT2D eigenvalue weighted by Gasteiger charge is -2.05. The van der Waals surface area contributed by atoms with E-state index in [9.17, 15) is 0 Å². The summed E-state index contributed by atoms with van der Waals surface area (Å²) in [5.41, 5.74) is 3.63.